The van der Waals surface area contributed by atoms with Crippen molar-refractivity contribution >= 4 is 11.8 Å². The number of aromatic nitrogens is 2. The van der Waals surface area contributed by atoms with Gasteiger partial charge in [0.05, 0.1) is 12.4 Å². The molecule has 1 aliphatic heterocycles. The Morgan fingerprint density at radius 2 is 2.11 bits per heavy atom. The summed E-state index contributed by atoms with van der Waals surface area (Å²) in [6.07, 6.45) is 6.63. The van der Waals surface area contributed by atoms with E-state index in [4.69, 9.17) is 5.11 Å². The van der Waals surface area contributed by atoms with Crippen molar-refractivity contribution in [3.05, 3.63) is 18.1 Å². The Labute approximate surface area is 112 Å². The third-order valence-corrected chi connectivity index (χ3v) is 3.25. The monoisotopic (exact) mass is 264 g/mol. The highest BCUT2D eigenvalue weighted by Gasteiger charge is 2.13. The summed E-state index contributed by atoms with van der Waals surface area (Å²) >= 11 is 0. The molecule has 0 aliphatic carbocycles. The number of hydrogen-bond donors (Lipinski definition) is 2. The van der Waals surface area contributed by atoms with Gasteiger partial charge in [0.2, 0.25) is 0 Å². The molecule has 1 fully saturated rings. The predicted octanol–water partition coefficient (Wildman–Crippen LogP) is 1.46. The number of nitrogens with one attached hydrogen (secondary N) is 1. The van der Waals surface area contributed by atoms with Crippen molar-refractivity contribution in [2.24, 2.45) is 0 Å². The van der Waals surface area contributed by atoms with Gasteiger partial charge in [0.1, 0.15) is 5.82 Å². The molecule has 1 aliphatic rings. The summed E-state index contributed by atoms with van der Waals surface area (Å²) in [5.74, 6) is -0.435. The van der Waals surface area contributed by atoms with Crippen LogP contribution in [0.25, 0.3) is 0 Å². The summed E-state index contributed by atoms with van der Waals surface area (Å²) in [4.78, 5) is 21.0. The fourth-order valence-corrected chi connectivity index (χ4v) is 2.34. The number of anilines is 1. The van der Waals surface area contributed by atoms with Crippen molar-refractivity contribution in [3.63, 3.8) is 0 Å². The lowest BCUT2D eigenvalue weighted by Gasteiger charge is -2.29. The van der Waals surface area contributed by atoms with E-state index in [0.29, 0.717) is 5.82 Å². The molecule has 0 bridgehead atoms. The van der Waals surface area contributed by atoms with E-state index in [1.54, 1.807) is 0 Å². The lowest BCUT2D eigenvalue weighted by molar-refractivity contribution is 0.0690. The Balaban J connectivity index is 1.83. The van der Waals surface area contributed by atoms with Crippen LogP contribution in [0.15, 0.2) is 12.4 Å². The van der Waals surface area contributed by atoms with Crippen LogP contribution in [-0.2, 0) is 0 Å². The van der Waals surface area contributed by atoms with Gasteiger partial charge < -0.3 is 15.3 Å². The normalized spacial score (nSPS) is 17.9. The fraction of sp³-hybridized carbons (Fsp3) is 0.615. The van der Waals surface area contributed by atoms with E-state index in [1.807, 2.05) is 0 Å². The van der Waals surface area contributed by atoms with Crippen molar-refractivity contribution in [1.82, 2.24) is 14.9 Å². The average Bonchev–Trinajstić information content (AvgIpc) is 2.40. The van der Waals surface area contributed by atoms with Crippen LogP contribution in [0, 0.1) is 0 Å². The molecule has 104 valence electrons. The Morgan fingerprint density at radius 1 is 1.37 bits per heavy atom. The number of nitrogens with zero attached hydrogens (tertiary/aromatic N) is 3. The number of piperidine rings is 1. The van der Waals surface area contributed by atoms with E-state index in [0.717, 1.165) is 19.6 Å². The van der Waals surface area contributed by atoms with Crippen LogP contribution in [0.4, 0.5) is 5.82 Å². The molecule has 0 spiro atoms. The zero-order valence-electron chi connectivity index (χ0n) is 11.2. The van der Waals surface area contributed by atoms with Crippen molar-refractivity contribution in [1.29, 1.82) is 0 Å². The third kappa shape index (κ3) is 4.17. The maximum absolute atomic E-state index is 10.7. The standard InChI is InChI=1S/C13H20N4O2/c1-10(9-17-5-3-2-4-6-17)16-12-8-14-11(7-15-12)13(18)19/h7-8,10H,2-6,9H2,1H3,(H,15,16)(H,18,19). The Bertz CT molecular complexity index is 415. The first-order valence-electron chi connectivity index (χ1n) is 6.69. The van der Waals surface area contributed by atoms with Crippen molar-refractivity contribution in [3.8, 4) is 0 Å². The van der Waals surface area contributed by atoms with Gasteiger partial charge in [-0.05, 0) is 32.9 Å². The number of likely N-dealkylation sites (tertiary alicyclic amines) is 1. The second kappa shape index (κ2) is 6.47. The summed E-state index contributed by atoms with van der Waals surface area (Å²) in [7, 11) is 0. The van der Waals surface area contributed by atoms with Gasteiger partial charge in [-0.2, -0.15) is 0 Å². The summed E-state index contributed by atoms with van der Waals surface area (Å²) in [6.45, 7) is 5.40. The molecule has 6 nitrogen and oxygen atoms in total. The molecule has 1 aromatic rings. The minimum atomic E-state index is -1.06. The zero-order valence-corrected chi connectivity index (χ0v) is 11.2. The van der Waals surface area contributed by atoms with Crippen LogP contribution < -0.4 is 5.32 Å². The minimum absolute atomic E-state index is 0.0331. The summed E-state index contributed by atoms with van der Waals surface area (Å²) in [6, 6.07) is 0.267. The molecule has 1 unspecified atom stereocenters. The highest BCUT2D eigenvalue weighted by Crippen LogP contribution is 2.10. The van der Waals surface area contributed by atoms with Gasteiger partial charge in [-0.15, -0.1) is 0 Å². The number of carboxylic acids is 1. The van der Waals surface area contributed by atoms with Crippen molar-refractivity contribution in [2.45, 2.75) is 32.2 Å². The molecule has 2 heterocycles. The third-order valence-electron chi connectivity index (χ3n) is 3.25. The largest absolute Gasteiger partial charge is 0.476 e. The van der Waals surface area contributed by atoms with Gasteiger partial charge in [-0.25, -0.2) is 14.8 Å². The second-order valence-corrected chi connectivity index (χ2v) is 5.00. The summed E-state index contributed by atoms with van der Waals surface area (Å²) in [5, 5.41) is 12.0. The van der Waals surface area contributed by atoms with E-state index in [-0.39, 0.29) is 11.7 Å². The Hall–Kier alpha value is -1.69. The lowest BCUT2D eigenvalue weighted by Crippen LogP contribution is -2.38. The van der Waals surface area contributed by atoms with Gasteiger partial charge >= 0.3 is 5.97 Å². The minimum Gasteiger partial charge on any atom is -0.476 e. The van der Waals surface area contributed by atoms with Crippen LogP contribution in [0.5, 0.6) is 0 Å². The molecule has 1 atom stereocenters. The number of aromatic carboxylic acids is 1. The average molecular weight is 264 g/mol. The molecule has 0 saturated carbocycles. The predicted molar refractivity (Wildman–Crippen MR) is 72.4 cm³/mol. The maximum atomic E-state index is 10.7. The number of rotatable bonds is 5. The molecular formula is C13H20N4O2. The van der Waals surface area contributed by atoms with Gasteiger partial charge in [0.15, 0.2) is 5.69 Å². The SMILES string of the molecule is CC(CN1CCCCC1)Nc1cnc(C(=O)O)cn1. The van der Waals surface area contributed by atoms with Gasteiger partial charge in [-0.1, -0.05) is 6.42 Å². The quantitative estimate of drug-likeness (QED) is 0.838. The van der Waals surface area contributed by atoms with Gasteiger partial charge in [0, 0.05) is 12.6 Å². The fourth-order valence-electron chi connectivity index (χ4n) is 2.34. The number of carboxylic acid groups (broad SMARTS) is 1. The Kier molecular flexibility index (Phi) is 4.68. The van der Waals surface area contributed by atoms with E-state index < -0.39 is 5.97 Å². The molecule has 0 amide bonds. The molecule has 1 aromatic heterocycles. The van der Waals surface area contributed by atoms with E-state index in [2.05, 4.69) is 27.1 Å². The molecule has 1 saturated heterocycles. The Morgan fingerprint density at radius 3 is 2.68 bits per heavy atom. The molecule has 2 rings (SSSR count). The summed E-state index contributed by atoms with van der Waals surface area (Å²) < 4.78 is 0. The van der Waals surface area contributed by atoms with E-state index in [9.17, 15) is 4.79 Å². The first-order valence-corrected chi connectivity index (χ1v) is 6.69. The number of carbonyl (C=O) groups is 1. The smallest absolute Gasteiger partial charge is 0.356 e. The van der Waals surface area contributed by atoms with Crippen molar-refractivity contribution in [2.75, 3.05) is 25.0 Å². The molecule has 19 heavy (non-hydrogen) atoms. The lowest BCUT2D eigenvalue weighted by atomic mass is 10.1. The first kappa shape index (κ1) is 13.7. The van der Waals surface area contributed by atoms with Gasteiger partial charge in [0.25, 0.3) is 0 Å². The molecule has 2 N–H and O–H groups in total. The summed E-state index contributed by atoms with van der Waals surface area (Å²) in [5.41, 5.74) is -0.0331. The van der Waals surface area contributed by atoms with E-state index in [1.165, 1.54) is 31.7 Å². The van der Waals surface area contributed by atoms with Crippen LogP contribution in [0.2, 0.25) is 0 Å². The molecular weight excluding hydrogens is 244 g/mol. The first-order chi connectivity index (χ1) is 9.15. The van der Waals surface area contributed by atoms with Crippen LogP contribution in [-0.4, -0.2) is 51.6 Å². The molecule has 0 aromatic carbocycles. The molecule has 6 heteroatoms. The van der Waals surface area contributed by atoms with Crippen molar-refractivity contribution < 1.29 is 9.90 Å². The van der Waals surface area contributed by atoms with Crippen LogP contribution in [0.3, 0.4) is 0 Å². The second-order valence-electron chi connectivity index (χ2n) is 5.00. The van der Waals surface area contributed by atoms with Gasteiger partial charge in [-0.3, -0.25) is 0 Å². The maximum Gasteiger partial charge on any atom is 0.356 e. The highest BCUT2D eigenvalue weighted by molar-refractivity contribution is 5.84. The van der Waals surface area contributed by atoms with Crippen LogP contribution >= 0.6 is 0 Å². The zero-order chi connectivity index (χ0) is 13.7. The topological polar surface area (TPSA) is 78.4 Å². The van der Waals surface area contributed by atoms with E-state index >= 15 is 0 Å². The van der Waals surface area contributed by atoms with Crippen LogP contribution in [0.1, 0.15) is 36.7 Å². The number of hydrogen-bond acceptors (Lipinski definition) is 5. The highest BCUT2D eigenvalue weighted by atomic mass is 16.4. The molecule has 0 radical (unpaired) electrons.